The number of nitrogens with zero attached hydrogens (tertiary/aromatic N) is 1. The highest BCUT2D eigenvalue weighted by atomic mass is 32.2. The van der Waals surface area contributed by atoms with Gasteiger partial charge in [0, 0.05) is 4.90 Å². The van der Waals surface area contributed by atoms with E-state index in [1.54, 1.807) is 33.1 Å². The van der Waals surface area contributed by atoms with Gasteiger partial charge < -0.3 is 14.2 Å². The number of methoxy groups -OCH3 is 3. The quantitative estimate of drug-likeness (QED) is 0.197. The van der Waals surface area contributed by atoms with E-state index < -0.39 is 0 Å². The van der Waals surface area contributed by atoms with Crippen LogP contribution in [0.25, 0.3) is 44.2 Å². The molecule has 0 atom stereocenters. The van der Waals surface area contributed by atoms with Crippen molar-refractivity contribution < 1.29 is 14.2 Å². The largest absolute Gasteiger partial charge is 0.497 e. The number of ether oxygens (including phenoxy) is 3. The summed E-state index contributed by atoms with van der Waals surface area (Å²) in [6.07, 6.45) is 2.03. The van der Waals surface area contributed by atoms with Crippen LogP contribution in [-0.4, -0.2) is 27.6 Å². The number of thioether (sulfide) groups is 1. The Hall–Kier alpha value is -4.40. The van der Waals surface area contributed by atoms with Crippen LogP contribution in [-0.2, 0) is 0 Å². The number of nitriles is 1. The van der Waals surface area contributed by atoms with Crippen LogP contribution in [0.15, 0.2) is 89.8 Å². The summed E-state index contributed by atoms with van der Waals surface area (Å²) >= 11 is 1.61. The molecule has 0 saturated carbocycles. The van der Waals surface area contributed by atoms with Crippen LogP contribution in [0.5, 0.6) is 17.2 Å². The van der Waals surface area contributed by atoms with E-state index in [9.17, 15) is 5.26 Å². The molecule has 5 heteroatoms. The first-order valence-corrected chi connectivity index (χ1v) is 13.8. The van der Waals surface area contributed by atoms with E-state index in [0.717, 1.165) is 60.4 Å². The average Bonchev–Trinajstić information content (AvgIpc) is 2.99. The molecule has 0 spiro atoms. The van der Waals surface area contributed by atoms with E-state index in [-0.39, 0.29) is 0 Å². The summed E-state index contributed by atoms with van der Waals surface area (Å²) in [5.41, 5.74) is 7.65. The molecule has 0 radical (unpaired) electrons. The van der Waals surface area contributed by atoms with Gasteiger partial charge in [0.2, 0.25) is 0 Å². The van der Waals surface area contributed by atoms with Gasteiger partial charge in [-0.05, 0) is 93.2 Å². The smallest absolute Gasteiger partial charge is 0.161 e. The third kappa shape index (κ3) is 4.69. The van der Waals surface area contributed by atoms with E-state index in [0.29, 0.717) is 17.1 Å². The fourth-order valence-electron chi connectivity index (χ4n) is 5.16. The molecule has 0 fully saturated rings. The summed E-state index contributed by atoms with van der Waals surface area (Å²) in [5.74, 6) is 2.05. The summed E-state index contributed by atoms with van der Waals surface area (Å²) < 4.78 is 16.8. The van der Waals surface area contributed by atoms with Crippen LogP contribution in [0.3, 0.4) is 0 Å². The second-order valence-electron chi connectivity index (χ2n) is 9.12. The second kappa shape index (κ2) is 11.1. The van der Waals surface area contributed by atoms with Crippen LogP contribution in [0.2, 0.25) is 0 Å². The molecule has 4 nitrogen and oxygen atoms in total. The molecule has 0 N–H and O–H groups in total. The van der Waals surface area contributed by atoms with E-state index in [1.165, 1.54) is 0 Å². The second-order valence-corrected chi connectivity index (χ2v) is 9.94. The van der Waals surface area contributed by atoms with Gasteiger partial charge in [0.15, 0.2) is 11.5 Å². The van der Waals surface area contributed by atoms with Gasteiger partial charge in [-0.15, -0.1) is 11.8 Å². The van der Waals surface area contributed by atoms with Crippen molar-refractivity contribution in [3.8, 4) is 56.7 Å². The topological polar surface area (TPSA) is 51.5 Å². The molecule has 0 unspecified atom stereocenters. The number of hydrogen-bond acceptors (Lipinski definition) is 5. The SMILES string of the molecule is COc1ccc(-c2cc(OC)c(OC)cc2-c2cc(-c3cccc4ccccc34)c(SC)c(C#N)c2C)cc1. The van der Waals surface area contributed by atoms with Gasteiger partial charge in [-0.2, -0.15) is 5.26 Å². The summed E-state index contributed by atoms with van der Waals surface area (Å²) in [7, 11) is 4.94. The summed E-state index contributed by atoms with van der Waals surface area (Å²) in [5, 5.41) is 12.7. The standard InChI is InChI=1S/C34H29NO3S/c1-21-27(29-19-33(38-4)32(37-3)18-28(29)23-13-15-24(36-2)16-14-23)17-30(34(39-5)31(21)20-35)26-12-8-10-22-9-6-7-11-25(22)26/h6-19H,1-5H3. The number of rotatable bonds is 7. The predicted molar refractivity (Wildman–Crippen MR) is 161 cm³/mol. The Morgan fingerprint density at radius 3 is 1.97 bits per heavy atom. The Kier molecular flexibility index (Phi) is 7.49. The molecule has 0 bridgehead atoms. The average molecular weight is 532 g/mol. The maximum absolute atomic E-state index is 10.4. The Morgan fingerprint density at radius 2 is 1.33 bits per heavy atom. The predicted octanol–water partition coefficient (Wildman–Crippen LogP) is 8.77. The lowest BCUT2D eigenvalue weighted by atomic mass is 9.86. The fraction of sp³-hybridized carbons (Fsp3) is 0.147. The Morgan fingerprint density at radius 1 is 0.667 bits per heavy atom. The first-order chi connectivity index (χ1) is 19.0. The third-order valence-electron chi connectivity index (χ3n) is 7.15. The van der Waals surface area contributed by atoms with Crippen molar-refractivity contribution in [1.82, 2.24) is 0 Å². The van der Waals surface area contributed by atoms with Crippen molar-refractivity contribution in [2.45, 2.75) is 11.8 Å². The first kappa shape index (κ1) is 26.2. The van der Waals surface area contributed by atoms with Crippen LogP contribution in [0.1, 0.15) is 11.1 Å². The minimum Gasteiger partial charge on any atom is -0.497 e. The van der Waals surface area contributed by atoms with Crippen molar-refractivity contribution in [3.63, 3.8) is 0 Å². The molecule has 0 heterocycles. The summed E-state index contributed by atoms with van der Waals surface area (Å²) in [6, 6.07) is 31.4. The zero-order valence-corrected chi connectivity index (χ0v) is 23.5. The number of hydrogen-bond donors (Lipinski definition) is 0. The van der Waals surface area contributed by atoms with Crippen LogP contribution in [0, 0.1) is 18.3 Å². The molecule has 194 valence electrons. The first-order valence-electron chi connectivity index (χ1n) is 12.5. The van der Waals surface area contributed by atoms with Crippen molar-refractivity contribution in [3.05, 3.63) is 96.1 Å². The highest BCUT2D eigenvalue weighted by Crippen LogP contribution is 2.46. The molecule has 0 aliphatic carbocycles. The van der Waals surface area contributed by atoms with Crippen LogP contribution >= 0.6 is 11.8 Å². The van der Waals surface area contributed by atoms with Crippen molar-refractivity contribution in [2.24, 2.45) is 0 Å². The minimum absolute atomic E-state index is 0.628. The molecule has 39 heavy (non-hydrogen) atoms. The van der Waals surface area contributed by atoms with Gasteiger partial charge in [-0.3, -0.25) is 0 Å². The highest BCUT2D eigenvalue weighted by Gasteiger charge is 2.22. The lowest BCUT2D eigenvalue weighted by Gasteiger charge is -2.21. The maximum atomic E-state index is 10.4. The molecule has 0 saturated heterocycles. The van der Waals surface area contributed by atoms with Gasteiger partial charge >= 0.3 is 0 Å². The number of benzene rings is 5. The van der Waals surface area contributed by atoms with Crippen LogP contribution in [0.4, 0.5) is 0 Å². The molecule has 5 aromatic carbocycles. The zero-order valence-electron chi connectivity index (χ0n) is 22.7. The fourth-order valence-corrected chi connectivity index (χ4v) is 5.95. The highest BCUT2D eigenvalue weighted by molar-refractivity contribution is 7.98. The van der Waals surface area contributed by atoms with Crippen molar-refractivity contribution in [2.75, 3.05) is 27.6 Å². The Labute approximate surface area is 233 Å². The molecule has 0 aliphatic rings. The van der Waals surface area contributed by atoms with Gasteiger partial charge in [-0.1, -0.05) is 54.6 Å². The van der Waals surface area contributed by atoms with Crippen molar-refractivity contribution >= 4 is 22.5 Å². The molecular weight excluding hydrogens is 502 g/mol. The monoisotopic (exact) mass is 531 g/mol. The van der Waals surface area contributed by atoms with Gasteiger partial charge in [-0.25, -0.2) is 0 Å². The van der Waals surface area contributed by atoms with Crippen molar-refractivity contribution in [1.29, 1.82) is 5.26 Å². The molecular formula is C34H29NO3S. The van der Waals surface area contributed by atoms with E-state index in [2.05, 4.69) is 48.5 Å². The molecule has 5 aromatic rings. The summed E-state index contributed by atoms with van der Waals surface area (Å²) in [4.78, 5) is 0.974. The van der Waals surface area contributed by atoms with Gasteiger partial charge in [0.1, 0.15) is 11.8 Å². The molecule has 0 aliphatic heterocycles. The van der Waals surface area contributed by atoms with Gasteiger partial charge in [0.05, 0.1) is 26.9 Å². The lowest BCUT2D eigenvalue weighted by molar-refractivity contribution is 0.355. The van der Waals surface area contributed by atoms with E-state index in [4.69, 9.17) is 14.2 Å². The summed E-state index contributed by atoms with van der Waals surface area (Å²) in [6.45, 7) is 2.02. The minimum atomic E-state index is 0.628. The molecule has 0 aromatic heterocycles. The third-order valence-corrected chi connectivity index (χ3v) is 7.98. The maximum Gasteiger partial charge on any atom is 0.161 e. The zero-order chi connectivity index (χ0) is 27.5. The normalized spacial score (nSPS) is 10.8. The number of fused-ring (bicyclic) bond motifs is 1. The molecule has 0 amide bonds. The Bertz CT molecular complexity index is 1710. The van der Waals surface area contributed by atoms with Crippen LogP contribution < -0.4 is 14.2 Å². The Balaban J connectivity index is 1.87. The van der Waals surface area contributed by atoms with E-state index >= 15 is 0 Å². The molecule has 5 rings (SSSR count). The van der Waals surface area contributed by atoms with Gasteiger partial charge in [0.25, 0.3) is 0 Å². The van der Waals surface area contributed by atoms with E-state index in [1.807, 2.05) is 55.6 Å². The lowest BCUT2D eigenvalue weighted by Crippen LogP contribution is -1.99.